The lowest BCUT2D eigenvalue weighted by molar-refractivity contribution is 1.00. The van der Waals surface area contributed by atoms with Crippen LogP contribution in [-0.2, 0) is 7.05 Å². The van der Waals surface area contributed by atoms with E-state index in [2.05, 4.69) is 15.0 Å². The van der Waals surface area contributed by atoms with Crippen molar-refractivity contribution in [2.75, 3.05) is 0 Å². The van der Waals surface area contributed by atoms with Gasteiger partial charge < -0.3 is 4.57 Å². The third-order valence-corrected chi connectivity index (χ3v) is 3.16. The Balaban J connectivity index is 2.71. The summed E-state index contributed by atoms with van der Waals surface area (Å²) >= 11 is 12.1. The smallest absolute Gasteiger partial charge is 0.156 e. The van der Waals surface area contributed by atoms with E-state index in [1.165, 1.54) is 6.33 Å². The molecule has 0 saturated heterocycles. The van der Waals surface area contributed by atoms with E-state index in [0.29, 0.717) is 10.3 Å². The van der Waals surface area contributed by atoms with Crippen LogP contribution in [0.15, 0.2) is 18.6 Å². The molecule has 3 aromatic heterocycles. The molecule has 80 valence electrons. The summed E-state index contributed by atoms with van der Waals surface area (Å²) in [5, 5.41) is 1.66. The minimum atomic E-state index is 0.416. The number of fused-ring (bicyclic) bond motifs is 3. The van der Waals surface area contributed by atoms with Crippen LogP contribution in [0.25, 0.3) is 21.9 Å². The molecule has 0 radical (unpaired) electrons. The molecule has 0 N–H and O–H groups in total. The first-order valence-corrected chi connectivity index (χ1v) is 5.35. The van der Waals surface area contributed by atoms with E-state index in [1.54, 1.807) is 6.20 Å². The van der Waals surface area contributed by atoms with Gasteiger partial charge in [-0.25, -0.2) is 15.0 Å². The Morgan fingerprint density at radius 1 is 1.12 bits per heavy atom. The first-order chi connectivity index (χ1) is 7.70. The van der Waals surface area contributed by atoms with Gasteiger partial charge in [-0.3, -0.25) is 0 Å². The molecule has 3 heterocycles. The second-order valence-electron chi connectivity index (χ2n) is 3.42. The van der Waals surface area contributed by atoms with Crippen molar-refractivity contribution in [3.05, 3.63) is 28.9 Å². The fourth-order valence-corrected chi connectivity index (χ4v) is 2.39. The Kier molecular flexibility index (Phi) is 2.02. The van der Waals surface area contributed by atoms with Crippen LogP contribution in [-0.4, -0.2) is 19.5 Å². The lowest BCUT2D eigenvalue weighted by Gasteiger charge is -1.97. The molecular weight excluding hydrogens is 247 g/mol. The maximum atomic E-state index is 6.07. The Hall–Kier alpha value is -1.39. The summed E-state index contributed by atoms with van der Waals surface area (Å²) < 4.78 is 1.92. The quantitative estimate of drug-likeness (QED) is 0.457. The molecule has 0 aliphatic heterocycles. The van der Waals surface area contributed by atoms with Crippen molar-refractivity contribution in [1.82, 2.24) is 19.5 Å². The van der Waals surface area contributed by atoms with Crippen LogP contribution >= 0.6 is 23.2 Å². The number of pyridine rings is 1. The maximum Gasteiger partial charge on any atom is 0.156 e. The van der Waals surface area contributed by atoms with Crippen molar-refractivity contribution < 1.29 is 0 Å². The summed E-state index contributed by atoms with van der Waals surface area (Å²) in [6.45, 7) is 0. The Morgan fingerprint density at radius 3 is 2.75 bits per heavy atom. The molecule has 0 aliphatic rings. The zero-order chi connectivity index (χ0) is 11.3. The molecule has 0 bridgehead atoms. The summed E-state index contributed by atoms with van der Waals surface area (Å²) in [5.74, 6) is 0. The lowest BCUT2D eigenvalue weighted by Crippen LogP contribution is -1.89. The summed E-state index contributed by atoms with van der Waals surface area (Å²) in [6, 6.07) is 1.87. The van der Waals surface area contributed by atoms with E-state index in [0.717, 1.165) is 21.9 Å². The molecule has 3 aromatic rings. The second-order valence-corrected chi connectivity index (χ2v) is 4.13. The molecule has 4 nitrogen and oxygen atoms in total. The van der Waals surface area contributed by atoms with E-state index in [1.807, 2.05) is 17.7 Å². The van der Waals surface area contributed by atoms with Gasteiger partial charge in [-0.05, 0) is 6.07 Å². The predicted molar refractivity (Wildman–Crippen MR) is 63.8 cm³/mol. The fourth-order valence-electron chi connectivity index (χ4n) is 1.88. The molecule has 0 unspecified atom stereocenters. The van der Waals surface area contributed by atoms with Gasteiger partial charge in [0.1, 0.15) is 22.5 Å². The molecule has 0 spiro atoms. The standard InChI is InChI=1S/C10H6Cl2N4/c1-16-5-2-3-13-9(11)6(5)7-8(16)10(12)15-4-14-7/h2-4H,1H3. The van der Waals surface area contributed by atoms with Crippen LogP contribution in [0.5, 0.6) is 0 Å². The van der Waals surface area contributed by atoms with E-state index >= 15 is 0 Å². The third kappa shape index (κ3) is 1.14. The predicted octanol–water partition coefficient (Wildman–Crippen LogP) is 2.82. The van der Waals surface area contributed by atoms with Gasteiger partial charge in [0.15, 0.2) is 5.15 Å². The highest BCUT2D eigenvalue weighted by Crippen LogP contribution is 2.32. The van der Waals surface area contributed by atoms with Crippen LogP contribution < -0.4 is 0 Å². The van der Waals surface area contributed by atoms with E-state index in [-0.39, 0.29) is 0 Å². The number of aryl methyl sites for hydroxylation is 1. The minimum Gasteiger partial charge on any atom is -0.340 e. The molecule has 0 fully saturated rings. The van der Waals surface area contributed by atoms with Gasteiger partial charge in [-0.15, -0.1) is 0 Å². The largest absolute Gasteiger partial charge is 0.340 e. The zero-order valence-corrected chi connectivity index (χ0v) is 9.79. The van der Waals surface area contributed by atoms with E-state index < -0.39 is 0 Å². The number of hydrogen-bond acceptors (Lipinski definition) is 3. The van der Waals surface area contributed by atoms with E-state index in [4.69, 9.17) is 23.2 Å². The van der Waals surface area contributed by atoms with Crippen LogP contribution in [0, 0.1) is 0 Å². The molecule has 0 aliphatic carbocycles. The zero-order valence-electron chi connectivity index (χ0n) is 8.28. The SMILES string of the molecule is Cn1c2ccnc(Cl)c2c2ncnc(Cl)c21. The van der Waals surface area contributed by atoms with Crippen molar-refractivity contribution in [2.45, 2.75) is 0 Å². The Morgan fingerprint density at radius 2 is 1.94 bits per heavy atom. The summed E-state index contributed by atoms with van der Waals surface area (Å²) in [6.07, 6.45) is 3.08. The summed E-state index contributed by atoms with van der Waals surface area (Å²) in [5.41, 5.74) is 2.45. The van der Waals surface area contributed by atoms with Crippen LogP contribution in [0.1, 0.15) is 0 Å². The second kappa shape index (κ2) is 3.30. The highest BCUT2D eigenvalue weighted by molar-refractivity contribution is 6.38. The van der Waals surface area contributed by atoms with Gasteiger partial charge >= 0.3 is 0 Å². The number of rotatable bonds is 0. The van der Waals surface area contributed by atoms with Gasteiger partial charge in [0.25, 0.3) is 0 Å². The average Bonchev–Trinajstić information content (AvgIpc) is 2.56. The molecule has 0 amide bonds. The molecule has 0 atom stereocenters. The van der Waals surface area contributed by atoms with Gasteiger partial charge in [-0.1, -0.05) is 23.2 Å². The number of nitrogens with zero attached hydrogens (tertiary/aromatic N) is 4. The van der Waals surface area contributed by atoms with Gasteiger partial charge in [-0.2, -0.15) is 0 Å². The molecule has 6 heteroatoms. The van der Waals surface area contributed by atoms with Gasteiger partial charge in [0.05, 0.1) is 10.9 Å². The van der Waals surface area contributed by atoms with Crippen molar-refractivity contribution >= 4 is 45.1 Å². The molecule has 0 saturated carbocycles. The van der Waals surface area contributed by atoms with Gasteiger partial charge in [0.2, 0.25) is 0 Å². The van der Waals surface area contributed by atoms with Crippen molar-refractivity contribution in [2.24, 2.45) is 7.05 Å². The summed E-state index contributed by atoms with van der Waals surface area (Å²) in [4.78, 5) is 12.2. The lowest BCUT2D eigenvalue weighted by atomic mass is 10.3. The first kappa shape index (κ1) is 9.81. The third-order valence-electron chi connectivity index (χ3n) is 2.59. The molecule has 0 aromatic carbocycles. The fraction of sp³-hybridized carbons (Fsp3) is 0.100. The highest BCUT2D eigenvalue weighted by atomic mass is 35.5. The Bertz CT molecular complexity index is 705. The normalized spacial score (nSPS) is 11.4. The summed E-state index contributed by atoms with van der Waals surface area (Å²) in [7, 11) is 1.90. The van der Waals surface area contributed by atoms with Gasteiger partial charge in [0, 0.05) is 13.2 Å². The monoisotopic (exact) mass is 252 g/mol. The topological polar surface area (TPSA) is 43.6 Å². The van der Waals surface area contributed by atoms with Crippen molar-refractivity contribution in [1.29, 1.82) is 0 Å². The van der Waals surface area contributed by atoms with Crippen molar-refractivity contribution in [3.8, 4) is 0 Å². The van der Waals surface area contributed by atoms with Crippen LogP contribution in [0.2, 0.25) is 10.3 Å². The molecule has 3 rings (SSSR count). The number of halogens is 2. The van der Waals surface area contributed by atoms with Crippen LogP contribution in [0.4, 0.5) is 0 Å². The molecule has 16 heavy (non-hydrogen) atoms. The average molecular weight is 253 g/mol. The molecular formula is C10H6Cl2N4. The van der Waals surface area contributed by atoms with Crippen molar-refractivity contribution in [3.63, 3.8) is 0 Å². The van der Waals surface area contributed by atoms with Crippen LogP contribution in [0.3, 0.4) is 0 Å². The highest BCUT2D eigenvalue weighted by Gasteiger charge is 2.15. The first-order valence-electron chi connectivity index (χ1n) is 4.59. The minimum absolute atomic E-state index is 0.416. The Labute approximate surface area is 101 Å². The number of hydrogen-bond donors (Lipinski definition) is 0. The number of aromatic nitrogens is 4. The maximum absolute atomic E-state index is 6.07. The van der Waals surface area contributed by atoms with E-state index in [9.17, 15) is 0 Å².